The molecule has 4 rings (SSSR count). The highest BCUT2D eigenvalue weighted by molar-refractivity contribution is 14.1. The van der Waals surface area contributed by atoms with Crippen LogP contribution in [0, 0.1) is 0 Å². The summed E-state index contributed by atoms with van der Waals surface area (Å²) < 4.78 is 12.1. The van der Waals surface area contributed by atoms with Gasteiger partial charge in [-0.15, -0.1) is 0 Å². The summed E-state index contributed by atoms with van der Waals surface area (Å²) in [5.74, 6) is 2.51. The third-order valence-corrected chi connectivity index (χ3v) is 7.30. The summed E-state index contributed by atoms with van der Waals surface area (Å²) in [7, 11) is 0. The molecule has 1 N–H and O–H groups in total. The molecule has 3 atom stereocenters. The van der Waals surface area contributed by atoms with Crippen LogP contribution in [0.4, 0.5) is 0 Å². The Balaban J connectivity index is 1.41. The van der Waals surface area contributed by atoms with Crippen LogP contribution in [0.5, 0.6) is 17.2 Å². The minimum Gasteiger partial charge on any atom is -0.494 e. The molecule has 3 nitrogen and oxygen atoms in total. The highest BCUT2D eigenvalue weighted by Crippen LogP contribution is 2.57. The highest BCUT2D eigenvalue weighted by Gasteiger charge is 2.54. The summed E-state index contributed by atoms with van der Waals surface area (Å²) in [6.07, 6.45) is 2.09. The van der Waals surface area contributed by atoms with Crippen LogP contribution in [0.25, 0.3) is 0 Å². The number of halogens is 1. The minimum atomic E-state index is -0.400. The first kappa shape index (κ1) is 21.2. The largest absolute Gasteiger partial charge is 0.494 e. The van der Waals surface area contributed by atoms with Crippen molar-refractivity contribution in [2.24, 2.45) is 0 Å². The molecular weight excluding hydrogens is 487 g/mol. The Hall–Kier alpha value is -2.05. The Labute approximate surface area is 192 Å². The quantitative estimate of drug-likeness (QED) is 0.269. The van der Waals surface area contributed by atoms with E-state index < -0.39 is 6.10 Å². The van der Waals surface area contributed by atoms with Crippen molar-refractivity contribution in [1.29, 1.82) is 0 Å². The maximum atomic E-state index is 10.9. The van der Waals surface area contributed by atoms with Gasteiger partial charge in [0.15, 0.2) is 0 Å². The third-order valence-electron chi connectivity index (χ3n) is 5.67. The molecule has 1 fully saturated rings. The molecule has 1 saturated carbocycles. The Morgan fingerprint density at radius 3 is 2.33 bits per heavy atom. The predicted molar refractivity (Wildman–Crippen MR) is 129 cm³/mol. The van der Waals surface area contributed by atoms with Gasteiger partial charge in [-0.3, -0.25) is 0 Å². The van der Waals surface area contributed by atoms with Gasteiger partial charge < -0.3 is 14.6 Å². The third kappa shape index (κ3) is 4.98. The molecule has 3 aromatic carbocycles. The van der Waals surface area contributed by atoms with Gasteiger partial charge in [-0.25, -0.2) is 0 Å². The molecule has 0 aromatic heterocycles. The SMILES string of the molecule is CCOc1ccc(C2(CC(O)Cc3cccc(Oc4ccccc4)c3)CC2I)cc1. The van der Waals surface area contributed by atoms with Crippen molar-refractivity contribution in [3.63, 3.8) is 0 Å². The molecule has 1 aliphatic carbocycles. The lowest BCUT2D eigenvalue weighted by atomic mass is 9.88. The fraction of sp³-hybridized carbons (Fsp3) is 0.308. The highest BCUT2D eigenvalue weighted by atomic mass is 127. The number of benzene rings is 3. The van der Waals surface area contributed by atoms with E-state index in [1.165, 1.54) is 5.56 Å². The average molecular weight is 514 g/mol. The lowest BCUT2D eigenvalue weighted by molar-refractivity contribution is 0.151. The van der Waals surface area contributed by atoms with E-state index >= 15 is 0 Å². The van der Waals surface area contributed by atoms with Gasteiger partial charge in [-0.05, 0) is 73.7 Å². The standard InChI is InChI=1S/C26H27IO3/c1-2-29-22-13-11-20(12-14-22)26(18-25(26)27)17-21(28)15-19-7-6-10-24(16-19)30-23-8-4-3-5-9-23/h3-14,16,21,25,28H,2,15,17-18H2,1H3. The van der Waals surface area contributed by atoms with Crippen molar-refractivity contribution in [3.8, 4) is 17.2 Å². The van der Waals surface area contributed by atoms with Crippen molar-refractivity contribution in [2.75, 3.05) is 6.61 Å². The van der Waals surface area contributed by atoms with Crippen LogP contribution >= 0.6 is 22.6 Å². The second kappa shape index (κ2) is 9.40. The normalized spacial score (nSPS) is 21.1. The van der Waals surface area contributed by atoms with Crippen molar-refractivity contribution >= 4 is 22.6 Å². The molecule has 30 heavy (non-hydrogen) atoms. The smallest absolute Gasteiger partial charge is 0.127 e. The van der Waals surface area contributed by atoms with Gasteiger partial charge in [-0.1, -0.05) is 65.1 Å². The van der Waals surface area contributed by atoms with Crippen LogP contribution in [0.1, 0.15) is 30.9 Å². The molecule has 1 aliphatic rings. The first-order chi connectivity index (χ1) is 14.6. The first-order valence-electron chi connectivity index (χ1n) is 10.5. The molecule has 3 aromatic rings. The van der Waals surface area contributed by atoms with Gasteiger partial charge in [0.05, 0.1) is 12.7 Å². The number of rotatable bonds is 9. The van der Waals surface area contributed by atoms with Crippen molar-refractivity contribution in [3.05, 3.63) is 90.0 Å². The molecule has 0 radical (unpaired) electrons. The Morgan fingerprint density at radius 1 is 0.967 bits per heavy atom. The van der Waals surface area contributed by atoms with Crippen LogP contribution in [-0.2, 0) is 11.8 Å². The average Bonchev–Trinajstić information content (AvgIpc) is 3.39. The summed E-state index contributed by atoms with van der Waals surface area (Å²) in [4.78, 5) is 0. The molecule has 4 heteroatoms. The lowest BCUT2D eigenvalue weighted by Gasteiger charge is -2.21. The van der Waals surface area contributed by atoms with Crippen LogP contribution < -0.4 is 9.47 Å². The van der Waals surface area contributed by atoms with E-state index in [2.05, 4.69) is 40.8 Å². The molecular formula is C26H27IO3. The number of aliphatic hydroxyl groups is 1. The fourth-order valence-corrected chi connectivity index (χ4v) is 5.46. The number of para-hydroxylation sites is 1. The summed E-state index contributed by atoms with van der Waals surface area (Å²) in [5.41, 5.74) is 2.44. The first-order valence-corrected chi connectivity index (χ1v) is 11.7. The predicted octanol–water partition coefficient (Wildman–Crippen LogP) is 6.32. The maximum Gasteiger partial charge on any atom is 0.127 e. The second-order valence-electron chi connectivity index (χ2n) is 7.91. The number of hydrogen-bond donors (Lipinski definition) is 1. The zero-order valence-electron chi connectivity index (χ0n) is 17.1. The second-order valence-corrected chi connectivity index (χ2v) is 9.41. The maximum absolute atomic E-state index is 10.9. The van der Waals surface area contributed by atoms with Crippen LogP contribution in [0.3, 0.4) is 0 Å². The Morgan fingerprint density at radius 2 is 1.67 bits per heavy atom. The number of hydrogen-bond acceptors (Lipinski definition) is 3. The van der Waals surface area contributed by atoms with Gasteiger partial charge in [0.1, 0.15) is 17.2 Å². The van der Waals surface area contributed by atoms with E-state index in [0.717, 1.165) is 35.7 Å². The minimum absolute atomic E-state index is 0.0584. The number of alkyl halides is 1. The molecule has 0 aliphatic heterocycles. The summed E-state index contributed by atoms with van der Waals surface area (Å²) in [5, 5.41) is 10.9. The molecule has 0 saturated heterocycles. The van der Waals surface area contributed by atoms with Crippen molar-refractivity contribution in [1.82, 2.24) is 0 Å². The molecule has 0 amide bonds. The van der Waals surface area contributed by atoms with Crippen LogP contribution in [0.15, 0.2) is 78.9 Å². The lowest BCUT2D eigenvalue weighted by Crippen LogP contribution is -2.22. The topological polar surface area (TPSA) is 38.7 Å². The van der Waals surface area contributed by atoms with E-state index in [1.54, 1.807) is 0 Å². The molecule has 0 spiro atoms. The van der Waals surface area contributed by atoms with E-state index in [-0.39, 0.29) is 5.41 Å². The van der Waals surface area contributed by atoms with Crippen molar-refractivity contribution in [2.45, 2.75) is 41.6 Å². The molecule has 156 valence electrons. The van der Waals surface area contributed by atoms with Gasteiger partial charge in [-0.2, -0.15) is 0 Å². The van der Waals surface area contributed by atoms with Crippen LogP contribution in [-0.4, -0.2) is 21.7 Å². The molecule has 3 unspecified atom stereocenters. The Kier molecular flexibility index (Phi) is 6.64. The summed E-state index contributed by atoms with van der Waals surface area (Å²) >= 11 is 2.52. The van der Waals surface area contributed by atoms with E-state index in [0.29, 0.717) is 17.0 Å². The zero-order chi connectivity index (χ0) is 21.0. The molecule has 0 bridgehead atoms. The number of aliphatic hydroxyl groups excluding tert-OH is 1. The van der Waals surface area contributed by atoms with E-state index in [1.807, 2.05) is 67.6 Å². The van der Waals surface area contributed by atoms with Crippen LogP contribution in [0.2, 0.25) is 0 Å². The van der Waals surface area contributed by atoms with Gasteiger partial charge >= 0.3 is 0 Å². The van der Waals surface area contributed by atoms with E-state index in [4.69, 9.17) is 9.47 Å². The zero-order valence-corrected chi connectivity index (χ0v) is 19.3. The fourth-order valence-electron chi connectivity index (χ4n) is 4.06. The number of ether oxygens (including phenoxy) is 2. The molecule has 0 heterocycles. The summed E-state index contributed by atoms with van der Waals surface area (Å²) in [6.45, 7) is 2.67. The Bertz CT molecular complexity index is 958. The monoisotopic (exact) mass is 514 g/mol. The van der Waals surface area contributed by atoms with Gasteiger partial charge in [0.25, 0.3) is 0 Å². The van der Waals surface area contributed by atoms with Gasteiger partial charge in [0, 0.05) is 9.34 Å². The van der Waals surface area contributed by atoms with Gasteiger partial charge in [0.2, 0.25) is 0 Å². The van der Waals surface area contributed by atoms with E-state index in [9.17, 15) is 5.11 Å². The summed E-state index contributed by atoms with van der Waals surface area (Å²) in [6, 6.07) is 26.2. The van der Waals surface area contributed by atoms with Crippen molar-refractivity contribution < 1.29 is 14.6 Å².